The van der Waals surface area contributed by atoms with Crippen LogP contribution in [0.5, 0.6) is 0 Å². The Bertz CT molecular complexity index is 1160. The van der Waals surface area contributed by atoms with Crippen LogP contribution in [-0.2, 0) is 25.0 Å². The summed E-state index contributed by atoms with van der Waals surface area (Å²) in [7, 11) is -3.73. The molecule has 0 aliphatic heterocycles. The summed E-state index contributed by atoms with van der Waals surface area (Å²) in [6.45, 7) is 4.59. The zero-order chi connectivity index (χ0) is 26.4. The number of sulfonamides is 1. The van der Waals surface area contributed by atoms with Crippen LogP contribution in [0.15, 0.2) is 47.4 Å². The molecule has 2 aromatic rings. The molecule has 1 aliphatic carbocycles. The van der Waals surface area contributed by atoms with Crippen LogP contribution >= 0.6 is 11.6 Å². The molecule has 0 spiro atoms. The topological polar surface area (TPSA) is 113 Å². The predicted octanol–water partition coefficient (Wildman–Crippen LogP) is 5.03. The molecule has 0 aromatic heterocycles. The van der Waals surface area contributed by atoms with Crippen molar-refractivity contribution >= 4 is 39.2 Å². The third kappa shape index (κ3) is 7.60. The molecule has 1 aliphatic rings. The number of halogens is 4. The minimum absolute atomic E-state index is 0.0589. The van der Waals surface area contributed by atoms with Crippen LogP contribution in [0.1, 0.15) is 43.7 Å². The number of hydrogen-bond donors (Lipinski definition) is 3. The Labute approximate surface area is 206 Å². The number of rotatable bonds is 8. The summed E-state index contributed by atoms with van der Waals surface area (Å²) in [6.07, 6.45) is -1.45. The maximum absolute atomic E-state index is 12.6. The van der Waals surface area contributed by atoms with E-state index >= 15 is 0 Å². The predicted molar refractivity (Wildman–Crippen MR) is 126 cm³/mol. The van der Waals surface area contributed by atoms with Gasteiger partial charge in [0.2, 0.25) is 5.91 Å². The van der Waals surface area contributed by atoms with Gasteiger partial charge >= 0.3 is 12.1 Å². The van der Waals surface area contributed by atoms with Crippen LogP contribution in [0.2, 0.25) is 5.02 Å². The highest BCUT2D eigenvalue weighted by Gasteiger charge is 2.51. The lowest BCUT2D eigenvalue weighted by atomic mass is 9.94. The third-order valence-electron chi connectivity index (χ3n) is 5.39. The van der Waals surface area contributed by atoms with Crippen LogP contribution in [0, 0.1) is 6.92 Å². The number of amides is 1. The zero-order valence-corrected chi connectivity index (χ0v) is 20.6. The molecule has 1 fully saturated rings. The van der Waals surface area contributed by atoms with Gasteiger partial charge in [-0.2, -0.15) is 13.2 Å². The Kier molecular flexibility index (Phi) is 9.18. The van der Waals surface area contributed by atoms with Gasteiger partial charge in [-0.25, -0.2) is 13.2 Å². The number of carboxylic acids is 1. The fourth-order valence-electron chi connectivity index (χ4n) is 3.13. The molecular formula is C23H26ClF3N2O5S. The first kappa shape index (κ1) is 28.4. The Morgan fingerprint density at radius 3 is 2.14 bits per heavy atom. The first-order valence-corrected chi connectivity index (χ1v) is 12.6. The summed E-state index contributed by atoms with van der Waals surface area (Å²) in [5.74, 6) is -2.70. The SMILES string of the molecule is CCCCNC(=O)C1(c2ccc(NS(=O)(=O)c3ccc(C)c(Cl)c3)cc2)CC1.O=C(O)C(F)(F)F. The number of alkyl halides is 3. The lowest BCUT2D eigenvalue weighted by molar-refractivity contribution is -0.192. The van der Waals surface area contributed by atoms with Crippen molar-refractivity contribution in [1.29, 1.82) is 0 Å². The number of anilines is 1. The maximum atomic E-state index is 12.6. The van der Waals surface area contributed by atoms with Gasteiger partial charge < -0.3 is 10.4 Å². The van der Waals surface area contributed by atoms with Crippen LogP contribution in [0.4, 0.5) is 18.9 Å². The van der Waals surface area contributed by atoms with E-state index in [1.54, 1.807) is 18.2 Å². The first-order valence-electron chi connectivity index (χ1n) is 10.7. The van der Waals surface area contributed by atoms with E-state index in [1.165, 1.54) is 12.1 Å². The average molecular weight is 535 g/mol. The molecule has 12 heteroatoms. The molecule has 0 saturated heterocycles. The van der Waals surface area contributed by atoms with Crippen LogP contribution < -0.4 is 10.0 Å². The van der Waals surface area contributed by atoms with E-state index in [9.17, 15) is 26.4 Å². The molecule has 2 aromatic carbocycles. The molecule has 35 heavy (non-hydrogen) atoms. The van der Waals surface area contributed by atoms with E-state index in [4.69, 9.17) is 21.5 Å². The van der Waals surface area contributed by atoms with E-state index in [2.05, 4.69) is 17.0 Å². The number of carboxylic acid groups (broad SMARTS) is 1. The van der Waals surface area contributed by atoms with Gasteiger partial charge in [0.1, 0.15) is 0 Å². The summed E-state index contributed by atoms with van der Waals surface area (Å²) in [5, 5.41) is 10.5. The molecule has 0 bridgehead atoms. The molecule has 0 unspecified atom stereocenters. The Hall–Kier alpha value is -2.79. The second kappa shape index (κ2) is 11.3. The van der Waals surface area contributed by atoms with Crippen LogP contribution in [0.3, 0.4) is 0 Å². The number of carbonyl (C=O) groups is 2. The lowest BCUT2D eigenvalue weighted by Gasteiger charge is -2.16. The van der Waals surface area contributed by atoms with Crippen LogP contribution in [-0.4, -0.2) is 38.1 Å². The molecule has 7 nitrogen and oxygen atoms in total. The number of aliphatic carboxylic acids is 1. The van der Waals surface area contributed by atoms with Gasteiger partial charge in [-0.3, -0.25) is 9.52 Å². The first-order chi connectivity index (χ1) is 16.2. The quantitative estimate of drug-likeness (QED) is 0.411. The maximum Gasteiger partial charge on any atom is 0.490 e. The van der Waals surface area contributed by atoms with Crippen molar-refractivity contribution in [2.24, 2.45) is 0 Å². The molecule has 3 rings (SSSR count). The minimum Gasteiger partial charge on any atom is -0.475 e. The second-order valence-electron chi connectivity index (χ2n) is 8.09. The minimum atomic E-state index is -5.08. The van der Waals surface area contributed by atoms with E-state index < -0.39 is 27.6 Å². The normalized spacial score (nSPS) is 14.3. The van der Waals surface area contributed by atoms with Gasteiger partial charge in [0.25, 0.3) is 10.0 Å². The number of aryl methyl sites for hydroxylation is 1. The number of benzene rings is 2. The highest BCUT2D eigenvalue weighted by Crippen LogP contribution is 2.48. The molecule has 0 radical (unpaired) electrons. The molecule has 0 heterocycles. The lowest BCUT2D eigenvalue weighted by Crippen LogP contribution is -2.35. The second-order valence-corrected chi connectivity index (χ2v) is 10.2. The Balaban J connectivity index is 0.000000540. The summed E-state index contributed by atoms with van der Waals surface area (Å²) in [6, 6.07) is 11.7. The van der Waals surface area contributed by atoms with Gasteiger partial charge in [-0.1, -0.05) is 43.1 Å². The highest BCUT2D eigenvalue weighted by molar-refractivity contribution is 7.92. The molecular weight excluding hydrogens is 509 g/mol. The number of carbonyl (C=O) groups excluding carboxylic acids is 1. The van der Waals surface area contributed by atoms with Crippen molar-refractivity contribution in [2.75, 3.05) is 11.3 Å². The average Bonchev–Trinajstić information content (AvgIpc) is 3.58. The number of unbranched alkanes of at least 4 members (excludes halogenated alkanes) is 1. The molecule has 1 amide bonds. The van der Waals surface area contributed by atoms with Crippen molar-refractivity contribution in [1.82, 2.24) is 5.32 Å². The molecule has 1 saturated carbocycles. The Morgan fingerprint density at radius 1 is 1.11 bits per heavy atom. The largest absolute Gasteiger partial charge is 0.490 e. The van der Waals surface area contributed by atoms with Crippen molar-refractivity contribution < 1.29 is 36.3 Å². The molecule has 3 N–H and O–H groups in total. The van der Waals surface area contributed by atoms with E-state index in [0.717, 1.165) is 36.8 Å². The summed E-state index contributed by atoms with van der Waals surface area (Å²) in [5.41, 5.74) is 1.72. The van der Waals surface area contributed by atoms with Crippen LogP contribution in [0.25, 0.3) is 0 Å². The summed E-state index contributed by atoms with van der Waals surface area (Å²) < 4.78 is 59.5. The molecule has 192 valence electrons. The zero-order valence-electron chi connectivity index (χ0n) is 19.1. The van der Waals surface area contributed by atoms with Gasteiger partial charge in [0.15, 0.2) is 0 Å². The smallest absolute Gasteiger partial charge is 0.475 e. The monoisotopic (exact) mass is 534 g/mol. The summed E-state index contributed by atoms with van der Waals surface area (Å²) >= 11 is 6.05. The van der Waals surface area contributed by atoms with E-state index in [1.807, 2.05) is 19.1 Å². The fourth-order valence-corrected chi connectivity index (χ4v) is 4.46. The van der Waals surface area contributed by atoms with Crippen molar-refractivity contribution in [3.8, 4) is 0 Å². The summed E-state index contributed by atoms with van der Waals surface area (Å²) in [4.78, 5) is 21.5. The van der Waals surface area contributed by atoms with Crippen molar-refractivity contribution in [2.45, 2.75) is 56.0 Å². The van der Waals surface area contributed by atoms with Gasteiger partial charge in [-0.05, 0) is 61.6 Å². The van der Waals surface area contributed by atoms with Gasteiger partial charge in [0.05, 0.1) is 10.3 Å². The number of hydrogen-bond acceptors (Lipinski definition) is 4. The Morgan fingerprint density at radius 2 is 1.69 bits per heavy atom. The van der Waals surface area contributed by atoms with Crippen molar-refractivity contribution in [3.05, 3.63) is 58.6 Å². The standard InChI is InChI=1S/C21H25ClN2O3S.C2HF3O2/c1-3-4-13-23-20(25)21(11-12-21)16-6-8-17(9-7-16)24-28(26,27)18-10-5-15(2)19(22)14-18;3-2(4,5)1(6)7/h5-10,14,24H,3-4,11-13H2,1-2H3,(H,23,25);(H,6,7). The van der Waals surface area contributed by atoms with Gasteiger partial charge in [0, 0.05) is 17.3 Å². The molecule has 0 atom stereocenters. The van der Waals surface area contributed by atoms with Crippen molar-refractivity contribution in [3.63, 3.8) is 0 Å². The fraction of sp³-hybridized carbons (Fsp3) is 0.391. The van der Waals surface area contributed by atoms with E-state index in [-0.39, 0.29) is 10.8 Å². The highest BCUT2D eigenvalue weighted by atomic mass is 35.5. The van der Waals surface area contributed by atoms with E-state index in [0.29, 0.717) is 17.3 Å². The third-order valence-corrected chi connectivity index (χ3v) is 7.17. The van der Waals surface area contributed by atoms with Gasteiger partial charge in [-0.15, -0.1) is 0 Å². The number of nitrogens with one attached hydrogen (secondary N) is 2.